The van der Waals surface area contributed by atoms with Gasteiger partial charge in [-0.25, -0.2) is 0 Å². The molecule has 15 heavy (non-hydrogen) atoms. The normalized spacial score (nSPS) is 17.0. The molecule has 0 nitrogen and oxygen atoms in total. The number of hydrogen-bond donors (Lipinski definition) is 0. The summed E-state index contributed by atoms with van der Waals surface area (Å²) in [6, 6.07) is 7.13. The Morgan fingerprint density at radius 3 is 2.20 bits per heavy atom. The Bertz CT molecular complexity index is 342. The molecule has 0 heteroatoms. The summed E-state index contributed by atoms with van der Waals surface area (Å²) < 4.78 is 0. The fourth-order valence-corrected chi connectivity index (χ4v) is 2.38. The molecular formula is C15H22. The molecule has 0 unspecified atom stereocenters. The van der Waals surface area contributed by atoms with Gasteiger partial charge in [0.25, 0.3) is 0 Å². The van der Waals surface area contributed by atoms with Gasteiger partial charge in [0.15, 0.2) is 0 Å². The molecule has 1 aliphatic carbocycles. The van der Waals surface area contributed by atoms with E-state index in [1.165, 1.54) is 37.7 Å². The molecule has 1 aliphatic rings. The minimum atomic E-state index is 0.293. The first-order valence-electron chi connectivity index (χ1n) is 6.20. The maximum atomic E-state index is 2.45. The average molecular weight is 202 g/mol. The van der Waals surface area contributed by atoms with Gasteiger partial charge >= 0.3 is 0 Å². The Morgan fingerprint density at radius 1 is 0.867 bits per heavy atom. The minimum Gasteiger partial charge on any atom is -0.0585 e. The topological polar surface area (TPSA) is 0 Å². The SMILES string of the molecule is CC(C)(C)c1ccc2c(c1)CCCCC2. The van der Waals surface area contributed by atoms with Crippen molar-refractivity contribution >= 4 is 0 Å². The van der Waals surface area contributed by atoms with Crippen molar-refractivity contribution in [2.45, 2.75) is 58.3 Å². The minimum absolute atomic E-state index is 0.293. The Hall–Kier alpha value is -0.780. The van der Waals surface area contributed by atoms with Crippen molar-refractivity contribution < 1.29 is 0 Å². The van der Waals surface area contributed by atoms with Gasteiger partial charge in [-0.1, -0.05) is 45.4 Å². The molecule has 0 saturated heterocycles. The first kappa shape index (κ1) is 10.7. The van der Waals surface area contributed by atoms with Crippen LogP contribution < -0.4 is 0 Å². The van der Waals surface area contributed by atoms with Crippen LogP contribution >= 0.6 is 0 Å². The Kier molecular flexibility index (Phi) is 2.86. The number of fused-ring (bicyclic) bond motifs is 1. The third-order valence-electron chi connectivity index (χ3n) is 3.46. The van der Waals surface area contributed by atoms with Gasteiger partial charge < -0.3 is 0 Å². The summed E-state index contributed by atoms with van der Waals surface area (Å²) in [6.45, 7) is 6.89. The molecule has 0 aliphatic heterocycles. The van der Waals surface area contributed by atoms with E-state index < -0.39 is 0 Å². The molecule has 0 N–H and O–H groups in total. The van der Waals surface area contributed by atoms with Gasteiger partial charge in [-0.2, -0.15) is 0 Å². The summed E-state index contributed by atoms with van der Waals surface area (Å²) in [6.07, 6.45) is 6.74. The summed E-state index contributed by atoms with van der Waals surface area (Å²) in [4.78, 5) is 0. The van der Waals surface area contributed by atoms with Gasteiger partial charge in [0.2, 0.25) is 0 Å². The van der Waals surface area contributed by atoms with Crippen LogP contribution in [0.3, 0.4) is 0 Å². The highest BCUT2D eigenvalue weighted by molar-refractivity contribution is 5.36. The quantitative estimate of drug-likeness (QED) is 0.552. The second kappa shape index (κ2) is 4.00. The maximum absolute atomic E-state index is 2.45. The number of rotatable bonds is 0. The van der Waals surface area contributed by atoms with E-state index >= 15 is 0 Å². The summed E-state index contributed by atoms with van der Waals surface area (Å²) in [5.41, 5.74) is 4.99. The monoisotopic (exact) mass is 202 g/mol. The van der Waals surface area contributed by atoms with E-state index in [1.54, 1.807) is 11.1 Å². The Balaban J connectivity index is 2.36. The van der Waals surface area contributed by atoms with Crippen molar-refractivity contribution in [2.24, 2.45) is 0 Å². The molecule has 0 spiro atoms. The fourth-order valence-electron chi connectivity index (χ4n) is 2.38. The maximum Gasteiger partial charge on any atom is -0.0132 e. The predicted molar refractivity (Wildman–Crippen MR) is 66.4 cm³/mol. The number of aryl methyl sites for hydroxylation is 2. The van der Waals surface area contributed by atoms with Gasteiger partial charge in [-0.15, -0.1) is 0 Å². The number of hydrogen-bond acceptors (Lipinski definition) is 0. The summed E-state index contributed by atoms with van der Waals surface area (Å²) >= 11 is 0. The summed E-state index contributed by atoms with van der Waals surface area (Å²) in [7, 11) is 0. The van der Waals surface area contributed by atoms with Crippen molar-refractivity contribution in [2.75, 3.05) is 0 Å². The van der Waals surface area contributed by atoms with Crippen molar-refractivity contribution in [1.82, 2.24) is 0 Å². The molecule has 0 heterocycles. The van der Waals surface area contributed by atoms with Crippen LogP contribution in [0.25, 0.3) is 0 Å². The van der Waals surface area contributed by atoms with Crippen molar-refractivity contribution in [3.05, 3.63) is 34.9 Å². The lowest BCUT2D eigenvalue weighted by Gasteiger charge is -2.21. The molecule has 0 fully saturated rings. The van der Waals surface area contributed by atoms with Crippen LogP contribution in [0.15, 0.2) is 18.2 Å². The molecule has 0 amide bonds. The van der Waals surface area contributed by atoms with Crippen molar-refractivity contribution in [3.8, 4) is 0 Å². The van der Waals surface area contributed by atoms with E-state index in [-0.39, 0.29) is 0 Å². The van der Waals surface area contributed by atoms with E-state index in [9.17, 15) is 0 Å². The van der Waals surface area contributed by atoms with E-state index in [0.717, 1.165) is 0 Å². The third kappa shape index (κ3) is 2.42. The average Bonchev–Trinajstić information content (AvgIpc) is 2.39. The molecule has 1 aromatic rings. The molecule has 0 saturated carbocycles. The third-order valence-corrected chi connectivity index (χ3v) is 3.46. The highest BCUT2D eigenvalue weighted by atomic mass is 14.2. The lowest BCUT2D eigenvalue weighted by Crippen LogP contribution is -2.11. The van der Waals surface area contributed by atoms with Crippen LogP contribution in [0.5, 0.6) is 0 Å². The van der Waals surface area contributed by atoms with E-state index in [2.05, 4.69) is 39.0 Å². The first-order valence-corrected chi connectivity index (χ1v) is 6.20. The van der Waals surface area contributed by atoms with Gasteiger partial charge in [-0.3, -0.25) is 0 Å². The van der Waals surface area contributed by atoms with Gasteiger partial charge in [0.1, 0.15) is 0 Å². The molecule has 1 aromatic carbocycles. The highest BCUT2D eigenvalue weighted by Crippen LogP contribution is 2.27. The van der Waals surface area contributed by atoms with Crippen LogP contribution in [0.2, 0.25) is 0 Å². The van der Waals surface area contributed by atoms with Gasteiger partial charge in [-0.05, 0) is 47.8 Å². The molecule has 2 rings (SSSR count). The smallest absolute Gasteiger partial charge is 0.0132 e. The molecule has 0 bridgehead atoms. The highest BCUT2D eigenvalue weighted by Gasteiger charge is 2.16. The Labute approximate surface area is 93.7 Å². The van der Waals surface area contributed by atoms with Crippen LogP contribution in [0.1, 0.15) is 56.7 Å². The standard InChI is InChI=1S/C15H22/c1-15(2,3)14-10-9-12-7-5-4-6-8-13(12)11-14/h9-11H,4-8H2,1-3H3. The van der Waals surface area contributed by atoms with Crippen molar-refractivity contribution in [3.63, 3.8) is 0 Å². The molecule has 0 radical (unpaired) electrons. The zero-order valence-electron chi connectivity index (χ0n) is 10.3. The van der Waals surface area contributed by atoms with Crippen molar-refractivity contribution in [1.29, 1.82) is 0 Å². The van der Waals surface area contributed by atoms with E-state index in [0.29, 0.717) is 5.41 Å². The lowest BCUT2D eigenvalue weighted by atomic mass is 9.84. The van der Waals surface area contributed by atoms with Crippen LogP contribution in [-0.2, 0) is 18.3 Å². The van der Waals surface area contributed by atoms with E-state index in [1.807, 2.05) is 0 Å². The van der Waals surface area contributed by atoms with Crippen LogP contribution in [-0.4, -0.2) is 0 Å². The fraction of sp³-hybridized carbons (Fsp3) is 0.600. The van der Waals surface area contributed by atoms with Gasteiger partial charge in [0.05, 0.1) is 0 Å². The summed E-state index contributed by atoms with van der Waals surface area (Å²) in [5, 5.41) is 0. The van der Waals surface area contributed by atoms with Gasteiger partial charge in [0, 0.05) is 0 Å². The molecule has 0 aromatic heterocycles. The zero-order chi connectivity index (χ0) is 10.9. The lowest BCUT2D eigenvalue weighted by molar-refractivity contribution is 0.589. The second-order valence-electron chi connectivity index (χ2n) is 5.79. The number of benzene rings is 1. The largest absolute Gasteiger partial charge is 0.0585 e. The van der Waals surface area contributed by atoms with Crippen LogP contribution in [0, 0.1) is 0 Å². The Morgan fingerprint density at radius 2 is 1.53 bits per heavy atom. The molecule has 82 valence electrons. The van der Waals surface area contributed by atoms with Crippen LogP contribution in [0.4, 0.5) is 0 Å². The van der Waals surface area contributed by atoms with E-state index in [4.69, 9.17) is 0 Å². The zero-order valence-corrected chi connectivity index (χ0v) is 10.3. The summed E-state index contributed by atoms with van der Waals surface area (Å²) in [5.74, 6) is 0. The predicted octanol–water partition coefficient (Wildman–Crippen LogP) is 4.25. The second-order valence-corrected chi connectivity index (χ2v) is 5.79. The molecule has 0 atom stereocenters. The molecular weight excluding hydrogens is 180 g/mol. The first-order chi connectivity index (χ1) is 7.07.